The highest BCUT2D eigenvalue weighted by atomic mass is 28.3. The predicted molar refractivity (Wildman–Crippen MR) is 145 cm³/mol. The second kappa shape index (κ2) is 11.8. The average Bonchev–Trinajstić information content (AvgIpc) is 3.16. The maximum atomic E-state index is 12.3. The molecule has 192 valence electrons. The number of hydrogen-bond acceptors (Lipinski definition) is 5. The number of carbonyl (C=O) groups is 1. The van der Waals surface area contributed by atoms with Gasteiger partial charge in [0.05, 0.1) is 0 Å². The summed E-state index contributed by atoms with van der Waals surface area (Å²) < 4.78 is 7.79. The van der Waals surface area contributed by atoms with Gasteiger partial charge in [0.25, 0.3) is 0 Å². The van der Waals surface area contributed by atoms with Crippen molar-refractivity contribution in [3.63, 3.8) is 0 Å². The fourth-order valence-electron chi connectivity index (χ4n) is 4.66. The van der Waals surface area contributed by atoms with Crippen molar-refractivity contribution in [1.82, 2.24) is 19.7 Å². The van der Waals surface area contributed by atoms with Gasteiger partial charge in [0, 0.05) is 49.9 Å². The van der Waals surface area contributed by atoms with Crippen molar-refractivity contribution in [2.45, 2.75) is 77.0 Å². The topological polar surface area (TPSA) is 93.4 Å². The van der Waals surface area contributed by atoms with Crippen LogP contribution < -0.4 is 4.90 Å². The van der Waals surface area contributed by atoms with Gasteiger partial charge in [-0.2, -0.15) is 0 Å². The summed E-state index contributed by atoms with van der Waals surface area (Å²) in [5, 5.41) is 18.4. The lowest BCUT2D eigenvalue weighted by Gasteiger charge is -2.29. The van der Waals surface area contributed by atoms with Gasteiger partial charge in [-0.05, 0) is 42.6 Å². The molecule has 2 heterocycles. The number of anilines is 1. The number of carboxylic acid groups (broad SMARTS) is 1. The molecule has 1 amide bonds. The minimum atomic E-state index is -1.15. The van der Waals surface area contributed by atoms with Crippen molar-refractivity contribution in [3.05, 3.63) is 49.1 Å². The van der Waals surface area contributed by atoms with Crippen LogP contribution >= 0.6 is 0 Å². The van der Waals surface area contributed by atoms with Gasteiger partial charge < -0.3 is 9.84 Å². The Hall–Kier alpha value is -3.04. The molecule has 36 heavy (non-hydrogen) atoms. The maximum Gasteiger partial charge on any atom is 0.412 e. The van der Waals surface area contributed by atoms with Crippen molar-refractivity contribution in [2.75, 3.05) is 11.5 Å². The second-order valence-corrected chi connectivity index (χ2v) is 16.4. The molecule has 2 aromatic heterocycles. The van der Waals surface area contributed by atoms with E-state index in [-0.39, 0.29) is 6.04 Å². The Morgan fingerprint density at radius 2 is 1.83 bits per heavy atom. The number of nitrogens with zero attached hydrogens (tertiary/aromatic N) is 5. The Morgan fingerprint density at radius 1 is 1.08 bits per heavy atom. The highest BCUT2D eigenvalue weighted by Gasteiger charge is 2.26. The van der Waals surface area contributed by atoms with Gasteiger partial charge in [0.1, 0.15) is 13.1 Å². The van der Waals surface area contributed by atoms with Crippen LogP contribution in [0.4, 0.5) is 10.5 Å². The molecule has 0 radical (unpaired) electrons. The summed E-state index contributed by atoms with van der Waals surface area (Å²) >= 11 is 0. The lowest BCUT2D eigenvalue weighted by molar-refractivity contribution is 0.0880. The molecule has 4 rings (SSSR count). The van der Waals surface area contributed by atoms with E-state index in [1.807, 2.05) is 34.9 Å². The fourth-order valence-corrected chi connectivity index (χ4v) is 5.42. The molecule has 0 unspecified atom stereocenters. The summed E-state index contributed by atoms with van der Waals surface area (Å²) in [6, 6.07) is 10.9. The van der Waals surface area contributed by atoms with E-state index in [0.717, 1.165) is 55.0 Å². The van der Waals surface area contributed by atoms with Gasteiger partial charge in [0.15, 0.2) is 5.82 Å². The first-order chi connectivity index (χ1) is 17.3. The average molecular weight is 508 g/mol. The Kier molecular flexibility index (Phi) is 8.53. The first-order valence-corrected chi connectivity index (χ1v) is 16.6. The number of ether oxygens (including phenoxy) is 1. The first kappa shape index (κ1) is 26.0. The fraction of sp³-hybridized carbons (Fsp3) is 0.481. The third-order valence-corrected chi connectivity index (χ3v) is 8.40. The third kappa shape index (κ3) is 6.79. The van der Waals surface area contributed by atoms with E-state index in [4.69, 9.17) is 4.74 Å². The minimum Gasteiger partial charge on any atom is -0.465 e. The van der Waals surface area contributed by atoms with Crippen LogP contribution in [0.1, 0.15) is 38.5 Å². The molecule has 0 spiro atoms. The van der Waals surface area contributed by atoms with E-state index in [0.29, 0.717) is 18.2 Å². The van der Waals surface area contributed by atoms with Gasteiger partial charge >= 0.3 is 6.09 Å². The number of pyridine rings is 1. The highest BCUT2D eigenvalue weighted by molar-refractivity contribution is 6.76. The molecule has 1 aliphatic rings. The van der Waals surface area contributed by atoms with E-state index in [1.165, 1.54) is 12.8 Å². The smallest absolute Gasteiger partial charge is 0.412 e. The van der Waals surface area contributed by atoms with Gasteiger partial charge in [-0.15, -0.1) is 10.2 Å². The van der Waals surface area contributed by atoms with E-state index >= 15 is 0 Å². The molecule has 0 bridgehead atoms. The zero-order valence-corrected chi connectivity index (χ0v) is 22.6. The predicted octanol–water partition coefficient (Wildman–Crippen LogP) is 6.53. The number of hydrogen-bond donors (Lipinski definition) is 1. The molecule has 1 aromatic carbocycles. The third-order valence-electron chi connectivity index (χ3n) is 6.69. The molecule has 0 saturated heterocycles. The first-order valence-electron chi connectivity index (χ1n) is 12.9. The lowest BCUT2D eigenvalue weighted by atomic mass is 10.0. The molecule has 1 N–H and O–H groups in total. The van der Waals surface area contributed by atoms with Crippen LogP contribution in [-0.2, 0) is 11.5 Å². The van der Waals surface area contributed by atoms with Crippen molar-refractivity contribution < 1.29 is 14.6 Å². The van der Waals surface area contributed by atoms with Gasteiger partial charge in [-0.25, -0.2) is 4.79 Å². The van der Waals surface area contributed by atoms with Gasteiger partial charge in [0.2, 0.25) is 0 Å². The van der Waals surface area contributed by atoms with Crippen LogP contribution in [0.15, 0.2) is 49.1 Å². The highest BCUT2D eigenvalue weighted by Crippen LogP contribution is 2.31. The zero-order chi connectivity index (χ0) is 25.5. The molecule has 0 atom stereocenters. The number of benzene rings is 1. The van der Waals surface area contributed by atoms with Crippen molar-refractivity contribution in [1.29, 1.82) is 0 Å². The van der Waals surface area contributed by atoms with Crippen LogP contribution in [0.5, 0.6) is 0 Å². The van der Waals surface area contributed by atoms with E-state index < -0.39 is 14.2 Å². The van der Waals surface area contributed by atoms with Crippen LogP contribution in [-0.4, -0.2) is 51.7 Å². The van der Waals surface area contributed by atoms with Crippen LogP contribution in [0.25, 0.3) is 22.5 Å². The summed E-state index contributed by atoms with van der Waals surface area (Å²) in [6.07, 6.45) is 10.7. The summed E-state index contributed by atoms with van der Waals surface area (Å²) in [5.41, 5.74) is 3.35. The summed E-state index contributed by atoms with van der Waals surface area (Å²) in [5.74, 6) is 0.694. The summed E-state index contributed by atoms with van der Waals surface area (Å²) in [6.45, 7) is 8.11. The SMILES string of the molecule is C[Si](C)(C)CCOCn1cnnc1-c1cncc(-c2cccc(N(C(=O)O)C3CCCCCC3)c2)c1. The van der Waals surface area contributed by atoms with Gasteiger partial charge in [-0.1, -0.05) is 57.5 Å². The summed E-state index contributed by atoms with van der Waals surface area (Å²) in [4.78, 5) is 18.3. The van der Waals surface area contributed by atoms with E-state index in [1.54, 1.807) is 23.6 Å². The maximum absolute atomic E-state index is 12.3. The summed E-state index contributed by atoms with van der Waals surface area (Å²) in [7, 11) is -1.15. The quantitative estimate of drug-likeness (QED) is 0.201. The molecule has 9 heteroatoms. The van der Waals surface area contributed by atoms with Crippen molar-refractivity contribution in [2.24, 2.45) is 0 Å². The lowest BCUT2D eigenvalue weighted by Crippen LogP contribution is -2.39. The van der Waals surface area contributed by atoms with Crippen molar-refractivity contribution >= 4 is 19.9 Å². The molecule has 3 aromatic rings. The monoisotopic (exact) mass is 507 g/mol. The second-order valence-electron chi connectivity index (χ2n) is 10.8. The molecular weight excluding hydrogens is 470 g/mol. The molecule has 1 saturated carbocycles. The number of aromatic nitrogens is 4. The van der Waals surface area contributed by atoms with E-state index in [9.17, 15) is 9.90 Å². The Bertz CT molecular complexity index is 1150. The molecule has 1 fully saturated rings. The Labute approximate surface area is 214 Å². The number of rotatable bonds is 9. The molecule has 8 nitrogen and oxygen atoms in total. The van der Waals surface area contributed by atoms with Crippen LogP contribution in [0.3, 0.4) is 0 Å². The normalized spacial score (nSPS) is 15.0. The van der Waals surface area contributed by atoms with E-state index in [2.05, 4.69) is 34.8 Å². The van der Waals surface area contributed by atoms with Crippen molar-refractivity contribution in [3.8, 4) is 22.5 Å². The minimum absolute atomic E-state index is 0.0178. The Balaban J connectivity index is 1.54. The van der Waals surface area contributed by atoms with Gasteiger partial charge in [-0.3, -0.25) is 14.5 Å². The zero-order valence-electron chi connectivity index (χ0n) is 21.6. The number of amides is 1. The van der Waals surface area contributed by atoms with Crippen LogP contribution in [0.2, 0.25) is 25.7 Å². The largest absolute Gasteiger partial charge is 0.465 e. The van der Waals surface area contributed by atoms with Crippen LogP contribution in [0, 0.1) is 0 Å². The molecular formula is C27H37N5O3Si. The Morgan fingerprint density at radius 3 is 2.56 bits per heavy atom. The molecule has 0 aliphatic heterocycles. The molecule has 1 aliphatic carbocycles. The standard InChI is InChI=1S/C27H37N5O3Si/c1-36(2,3)14-13-35-20-31-19-29-30-26(31)23-15-22(17-28-18-23)21-9-8-12-25(16-21)32(27(33)34)24-10-6-4-5-7-11-24/h8-9,12,15-19,24H,4-7,10-11,13-14,20H2,1-3H3,(H,33,34).